The number of hydrogen-bond donors (Lipinski definition) is 1. The number of aromatic amines is 1. The Bertz CT molecular complexity index is 566. The SMILES string of the molecule is COc1cc(OC)cc(-c2n[nH]c(C3CCCC3)n2)c1. The van der Waals surface area contributed by atoms with Gasteiger partial charge in [-0.3, -0.25) is 5.10 Å². The van der Waals surface area contributed by atoms with Crippen molar-refractivity contribution < 1.29 is 9.47 Å². The fraction of sp³-hybridized carbons (Fsp3) is 0.467. The van der Waals surface area contributed by atoms with Gasteiger partial charge in [0.1, 0.15) is 17.3 Å². The molecule has 0 radical (unpaired) electrons. The Morgan fingerprint density at radius 1 is 1.05 bits per heavy atom. The summed E-state index contributed by atoms with van der Waals surface area (Å²) >= 11 is 0. The third-order valence-corrected chi connectivity index (χ3v) is 3.85. The van der Waals surface area contributed by atoms with Gasteiger partial charge in [0.25, 0.3) is 0 Å². The molecule has 0 bridgehead atoms. The average molecular weight is 273 g/mol. The number of aromatic nitrogens is 3. The highest BCUT2D eigenvalue weighted by Crippen LogP contribution is 2.33. The predicted octanol–water partition coefficient (Wildman–Crippen LogP) is 3.15. The second-order valence-corrected chi connectivity index (χ2v) is 5.13. The lowest BCUT2D eigenvalue weighted by molar-refractivity contribution is 0.394. The van der Waals surface area contributed by atoms with Crippen molar-refractivity contribution in [2.45, 2.75) is 31.6 Å². The number of benzene rings is 1. The lowest BCUT2D eigenvalue weighted by Gasteiger charge is -2.06. The highest BCUT2D eigenvalue weighted by Gasteiger charge is 2.21. The molecule has 5 heteroatoms. The van der Waals surface area contributed by atoms with E-state index in [1.807, 2.05) is 18.2 Å². The summed E-state index contributed by atoms with van der Waals surface area (Å²) in [6.45, 7) is 0. The van der Waals surface area contributed by atoms with E-state index in [1.165, 1.54) is 25.7 Å². The molecular formula is C15H19N3O2. The van der Waals surface area contributed by atoms with Crippen molar-refractivity contribution in [3.63, 3.8) is 0 Å². The second kappa shape index (κ2) is 5.53. The first kappa shape index (κ1) is 13.0. The molecule has 5 nitrogen and oxygen atoms in total. The summed E-state index contributed by atoms with van der Waals surface area (Å²) in [6.07, 6.45) is 4.98. The third-order valence-electron chi connectivity index (χ3n) is 3.85. The van der Waals surface area contributed by atoms with Gasteiger partial charge < -0.3 is 9.47 Å². The number of hydrogen-bond acceptors (Lipinski definition) is 4. The molecule has 20 heavy (non-hydrogen) atoms. The van der Waals surface area contributed by atoms with Gasteiger partial charge in [-0.1, -0.05) is 12.8 Å². The molecule has 3 rings (SSSR count). The first-order chi connectivity index (χ1) is 9.80. The van der Waals surface area contributed by atoms with Crippen molar-refractivity contribution in [2.24, 2.45) is 0 Å². The summed E-state index contributed by atoms with van der Waals surface area (Å²) in [5.74, 6) is 3.71. The molecule has 1 aromatic heterocycles. The molecular weight excluding hydrogens is 254 g/mol. The van der Waals surface area contributed by atoms with Crippen LogP contribution in [-0.4, -0.2) is 29.4 Å². The Labute approximate surface area is 118 Å². The highest BCUT2D eigenvalue weighted by molar-refractivity contribution is 5.60. The van der Waals surface area contributed by atoms with Crippen LogP contribution in [0.3, 0.4) is 0 Å². The van der Waals surface area contributed by atoms with Crippen molar-refractivity contribution in [3.8, 4) is 22.9 Å². The monoisotopic (exact) mass is 273 g/mol. The van der Waals surface area contributed by atoms with Gasteiger partial charge in [0.2, 0.25) is 0 Å². The Balaban J connectivity index is 1.92. The number of nitrogens with one attached hydrogen (secondary N) is 1. The topological polar surface area (TPSA) is 60.0 Å². The molecule has 1 aliphatic carbocycles. The van der Waals surface area contributed by atoms with E-state index >= 15 is 0 Å². The Morgan fingerprint density at radius 2 is 1.70 bits per heavy atom. The van der Waals surface area contributed by atoms with E-state index in [2.05, 4.69) is 15.2 Å². The third kappa shape index (κ3) is 2.48. The average Bonchev–Trinajstić information content (AvgIpc) is 3.17. The van der Waals surface area contributed by atoms with Crippen molar-refractivity contribution in [1.82, 2.24) is 15.2 Å². The van der Waals surface area contributed by atoms with Crippen LogP contribution in [-0.2, 0) is 0 Å². The van der Waals surface area contributed by atoms with Crippen LogP contribution in [0.25, 0.3) is 11.4 Å². The van der Waals surface area contributed by atoms with Gasteiger partial charge in [0.15, 0.2) is 5.82 Å². The van der Waals surface area contributed by atoms with Crippen LogP contribution in [0.5, 0.6) is 11.5 Å². The predicted molar refractivity (Wildman–Crippen MR) is 76.1 cm³/mol. The molecule has 0 unspecified atom stereocenters. The Morgan fingerprint density at radius 3 is 2.30 bits per heavy atom. The quantitative estimate of drug-likeness (QED) is 0.929. The normalized spacial score (nSPS) is 15.5. The first-order valence-corrected chi connectivity index (χ1v) is 6.96. The van der Waals surface area contributed by atoms with E-state index in [0.29, 0.717) is 11.7 Å². The van der Waals surface area contributed by atoms with Crippen molar-refractivity contribution in [2.75, 3.05) is 14.2 Å². The first-order valence-electron chi connectivity index (χ1n) is 6.96. The minimum Gasteiger partial charge on any atom is -0.497 e. The van der Waals surface area contributed by atoms with Crippen LogP contribution in [0.4, 0.5) is 0 Å². The van der Waals surface area contributed by atoms with Gasteiger partial charge in [-0.2, -0.15) is 5.10 Å². The number of rotatable bonds is 4. The van der Waals surface area contributed by atoms with E-state index in [0.717, 1.165) is 22.9 Å². The summed E-state index contributed by atoms with van der Waals surface area (Å²) in [6, 6.07) is 5.68. The van der Waals surface area contributed by atoms with E-state index in [-0.39, 0.29) is 0 Å². The van der Waals surface area contributed by atoms with Crippen molar-refractivity contribution >= 4 is 0 Å². The smallest absolute Gasteiger partial charge is 0.181 e. The number of methoxy groups -OCH3 is 2. The Kier molecular flexibility index (Phi) is 3.58. The van der Waals surface area contributed by atoms with Gasteiger partial charge in [-0.25, -0.2) is 4.98 Å². The molecule has 0 spiro atoms. The maximum absolute atomic E-state index is 5.28. The summed E-state index contributed by atoms with van der Waals surface area (Å²) in [5.41, 5.74) is 0.904. The van der Waals surface area contributed by atoms with E-state index in [1.54, 1.807) is 14.2 Å². The number of H-pyrrole nitrogens is 1. The Hall–Kier alpha value is -2.04. The maximum Gasteiger partial charge on any atom is 0.181 e. The molecule has 0 saturated heterocycles. The van der Waals surface area contributed by atoms with E-state index in [4.69, 9.17) is 9.47 Å². The fourth-order valence-corrected chi connectivity index (χ4v) is 2.72. The standard InChI is InChI=1S/C15H19N3O2/c1-19-12-7-11(8-13(9-12)20-2)15-16-14(17-18-15)10-5-3-4-6-10/h7-10H,3-6H2,1-2H3,(H,16,17,18). The van der Waals surface area contributed by atoms with Crippen LogP contribution < -0.4 is 9.47 Å². The van der Waals surface area contributed by atoms with Crippen LogP contribution in [0.2, 0.25) is 0 Å². The van der Waals surface area contributed by atoms with Gasteiger partial charge in [-0.05, 0) is 25.0 Å². The fourth-order valence-electron chi connectivity index (χ4n) is 2.72. The van der Waals surface area contributed by atoms with Gasteiger partial charge >= 0.3 is 0 Å². The minimum absolute atomic E-state index is 0.531. The molecule has 0 amide bonds. The number of nitrogens with zero attached hydrogens (tertiary/aromatic N) is 2. The molecule has 1 aliphatic rings. The molecule has 106 valence electrons. The summed E-state index contributed by atoms with van der Waals surface area (Å²) in [4.78, 5) is 4.64. The lowest BCUT2D eigenvalue weighted by Crippen LogP contribution is -1.94. The molecule has 0 atom stereocenters. The van der Waals surface area contributed by atoms with Crippen LogP contribution in [0.1, 0.15) is 37.4 Å². The zero-order valence-electron chi connectivity index (χ0n) is 11.8. The van der Waals surface area contributed by atoms with Gasteiger partial charge in [0.05, 0.1) is 14.2 Å². The summed E-state index contributed by atoms with van der Waals surface area (Å²) < 4.78 is 10.6. The molecule has 1 heterocycles. The summed E-state index contributed by atoms with van der Waals surface area (Å²) in [7, 11) is 3.28. The molecule has 1 saturated carbocycles. The van der Waals surface area contributed by atoms with Crippen LogP contribution >= 0.6 is 0 Å². The zero-order valence-corrected chi connectivity index (χ0v) is 11.8. The van der Waals surface area contributed by atoms with Crippen LogP contribution in [0.15, 0.2) is 18.2 Å². The van der Waals surface area contributed by atoms with Crippen molar-refractivity contribution in [3.05, 3.63) is 24.0 Å². The maximum atomic E-state index is 5.28. The minimum atomic E-state index is 0.531. The highest BCUT2D eigenvalue weighted by atomic mass is 16.5. The zero-order chi connectivity index (χ0) is 13.9. The molecule has 0 aliphatic heterocycles. The molecule has 1 fully saturated rings. The van der Waals surface area contributed by atoms with E-state index < -0.39 is 0 Å². The largest absolute Gasteiger partial charge is 0.497 e. The van der Waals surface area contributed by atoms with Crippen molar-refractivity contribution in [1.29, 1.82) is 0 Å². The molecule has 2 aromatic rings. The van der Waals surface area contributed by atoms with E-state index in [9.17, 15) is 0 Å². The molecule has 1 N–H and O–H groups in total. The number of ether oxygens (including phenoxy) is 2. The van der Waals surface area contributed by atoms with Crippen LogP contribution in [0, 0.1) is 0 Å². The molecule has 1 aromatic carbocycles. The summed E-state index contributed by atoms with van der Waals surface area (Å²) in [5, 5.41) is 7.41. The van der Waals surface area contributed by atoms with Gasteiger partial charge in [-0.15, -0.1) is 0 Å². The van der Waals surface area contributed by atoms with Gasteiger partial charge in [0, 0.05) is 17.5 Å². The second-order valence-electron chi connectivity index (χ2n) is 5.13. The lowest BCUT2D eigenvalue weighted by atomic mass is 10.1.